The smallest absolute Gasteiger partial charge is 0.137 e. The van der Waals surface area contributed by atoms with Gasteiger partial charge in [-0.05, 0) is 36.6 Å². The van der Waals surface area contributed by atoms with Gasteiger partial charge in [-0.25, -0.2) is 9.37 Å². The first kappa shape index (κ1) is 18.0. The molecule has 5 nitrogen and oxygen atoms in total. The molecule has 3 rings (SSSR count). The van der Waals surface area contributed by atoms with Crippen LogP contribution in [0, 0.1) is 11.7 Å². The van der Waals surface area contributed by atoms with Gasteiger partial charge in [-0.2, -0.15) is 5.10 Å². The molecule has 1 aromatic heterocycles. The molecule has 0 spiro atoms. The van der Waals surface area contributed by atoms with Crippen LogP contribution in [0.25, 0.3) is 0 Å². The van der Waals surface area contributed by atoms with Gasteiger partial charge in [-0.3, -0.25) is 14.5 Å². The van der Waals surface area contributed by atoms with Crippen LogP contribution in [-0.2, 0) is 13.1 Å². The molecule has 0 N–H and O–H groups in total. The van der Waals surface area contributed by atoms with Crippen LogP contribution in [0.5, 0.6) is 0 Å². The van der Waals surface area contributed by atoms with Crippen molar-refractivity contribution in [3.05, 3.63) is 48.3 Å². The summed E-state index contributed by atoms with van der Waals surface area (Å²) in [7, 11) is 0. The van der Waals surface area contributed by atoms with Crippen LogP contribution in [0.15, 0.2) is 36.9 Å². The molecule has 1 saturated heterocycles. The Hall–Kier alpha value is -1.79. The van der Waals surface area contributed by atoms with E-state index in [4.69, 9.17) is 0 Å². The highest BCUT2D eigenvalue weighted by Crippen LogP contribution is 2.20. The van der Waals surface area contributed by atoms with E-state index in [1.54, 1.807) is 24.8 Å². The lowest BCUT2D eigenvalue weighted by atomic mass is 10.0. The largest absolute Gasteiger partial charge is 0.300 e. The Morgan fingerprint density at radius 3 is 2.64 bits per heavy atom. The minimum absolute atomic E-state index is 0.167. The van der Waals surface area contributed by atoms with Gasteiger partial charge in [-0.15, -0.1) is 0 Å². The Kier molecular flexibility index (Phi) is 6.15. The summed E-state index contributed by atoms with van der Waals surface area (Å²) in [5, 5.41) is 4.19. The quantitative estimate of drug-likeness (QED) is 0.807. The molecule has 25 heavy (non-hydrogen) atoms. The normalized spacial score (nSPS) is 20.1. The molecule has 0 bridgehead atoms. The minimum atomic E-state index is -0.167. The molecule has 0 unspecified atom stereocenters. The van der Waals surface area contributed by atoms with Crippen LogP contribution in [0.1, 0.15) is 25.8 Å². The second kappa shape index (κ2) is 8.54. The van der Waals surface area contributed by atoms with Crippen LogP contribution < -0.4 is 0 Å². The van der Waals surface area contributed by atoms with Gasteiger partial charge in [0.25, 0.3) is 0 Å². The van der Waals surface area contributed by atoms with Gasteiger partial charge in [0.1, 0.15) is 18.5 Å². The van der Waals surface area contributed by atoms with E-state index in [9.17, 15) is 4.39 Å². The first-order valence-corrected chi connectivity index (χ1v) is 9.15. The van der Waals surface area contributed by atoms with Crippen LogP contribution in [-0.4, -0.2) is 56.8 Å². The minimum Gasteiger partial charge on any atom is -0.300 e. The van der Waals surface area contributed by atoms with Gasteiger partial charge in [0.15, 0.2) is 0 Å². The SMILES string of the molecule is CC(C)[C@H]1CN(CCn2cncn2)CCCN1Cc1ccc(F)cc1. The molecular formula is C19H28FN5. The molecule has 0 amide bonds. The van der Waals surface area contributed by atoms with Crippen molar-refractivity contribution in [2.24, 2.45) is 5.92 Å². The van der Waals surface area contributed by atoms with Crippen LogP contribution in [0.3, 0.4) is 0 Å². The van der Waals surface area contributed by atoms with Crippen LogP contribution >= 0.6 is 0 Å². The molecule has 1 aliphatic heterocycles. The molecule has 2 heterocycles. The molecule has 0 radical (unpaired) electrons. The maximum atomic E-state index is 13.2. The third-order valence-corrected chi connectivity index (χ3v) is 5.01. The Labute approximate surface area is 149 Å². The third-order valence-electron chi connectivity index (χ3n) is 5.01. The highest BCUT2D eigenvalue weighted by molar-refractivity contribution is 5.16. The van der Waals surface area contributed by atoms with Crippen molar-refractivity contribution in [1.29, 1.82) is 0 Å². The van der Waals surface area contributed by atoms with Crippen molar-refractivity contribution in [3.63, 3.8) is 0 Å². The fraction of sp³-hybridized carbons (Fsp3) is 0.579. The highest BCUT2D eigenvalue weighted by atomic mass is 19.1. The summed E-state index contributed by atoms with van der Waals surface area (Å²) in [5.41, 5.74) is 1.18. The van der Waals surface area contributed by atoms with Gasteiger partial charge < -0.3 is 0 Å². The zero-order chi connectivity index (χ0) is 17.6. The van der Waals surface area contributed by atoms with Crippen molar-refractivity contribution >= 4 is 0 Å². The molecular weight excluding hydrogens is 317 g/mol. The van der Waals surface area contributed by atoms with Crippen molar-refractivity contribution in [3.8, 4) is 0 Å². The summed E-state index contributed by atoms with van der Waals surface area (Å²) in [6.07, 6.45) is 4.52. The Morgan fingerprint density at radius 2 is 1.96 bits per heavy atom. The lowest BCUT2D eigenvalue weighted by molar-refractivity contribution is 0.130. The van der Waals surface area contributed by atoms with Crippen molar-refractivity contribution in [2.75, 3.05) is 26.2 Å². The van der Waals surface area contributed by atoms with Crippen molar-refractivity contribution < 1.29 is 4.39 Å². The average Bonchev–Trinajstić information content (AvgIpc) is 3.03. The molecule has 0 aliphatic carbocycles. The first-order chi connectivity index (χ1) is 12.1. The second-order valence-electron chi connectivity index (χ2n) is 7.22. The number of benzene rings is 1. The monoisotopic (exact) mass is 345 g/mol. The maximum absolute atomic E-state index is 13.2. The highest BCUT2D eigenvalue weighted by Gasteiger charge is 2.27. The van der Waals surface area contributed by atoms with E-state index in [0.717, 1.165) is 45.7 Å². The summed E-state index contributed by atoms with van der Waals surface area (Å²) in [5.74, 6) is 0.409. The first-order valence-electron chi connectivity index (χ1n) is 9.15. The molecule has 6 heteroatoms. The zero-order valence-electron chi connectivity index (χ0n) is 15.2. The Balaban J connectivity index is 1.62. The van der Waals surface area contributed by atoms with E-state index in [1.165, 1.54) is 5.56 Å². The maximum Gasteiger partial charge on any atom is 0.137 e. The van der Waals surface area contributed by atoms with E-state index in [2.05, 4.69) is 33.7 Å². The summed E-state index contributed by atoms with van der Waals surface area (Å²) in [6.45, 7) is 10.6. The molecule has 1 atom stereocenters. The number of hydrogen-bond donors (Lipinski definition) is 0. The molecule has 1 fully saturated rings. The fourth-order valence-corrected chi connectivity index (χ4v) is 3.58. The zero-order valence-corrected chi connectivity index (χ0v) is 15.2. The number of hydrogen-bond acceptors (Lipinski definition) is 4. The predicted octanol–water partition coefficient (Wildman–Crippen LogP) is 2.65. The van der Waals surface area contributed by atoms with Gasteiger partial charge in [-0.1, -0.05) is 26.0 Å². The number of halogens is 1. The Morgan fingerprint density at radius 1 is 1.16 bits per heavy atom. The van der Waals surface area contributed by atoms with Gasteiger partial charge in [0.2, 0.25) is 0 Å². The Bertz CT molecular complexity index is 626. The number of nitrogens with zero attached hydrogens (tertiary/aromatic N) is 5. The topological polar surface area (TPSA) is 37.2 Å². The van der Waals surface area contributed by atoms with Crippen molar-refractivity contribution in [2.45, 2.75) is 39.4 Å². The van der Waals surface area contributed by atoms with Crippen LogP contribution in [0.2, 0.25) is 0 Å². The van der Waals surface area contributed by atoms with Gasteiger partial charge >= 0.3 is 0 Å². The molecule has 1 aliphatic rings. The average molecular weight is 345 g/mol. The van der Waals surface area contributed by atoms with E-state index in [-0.39, 0.29) is 5.82 Å². The van der Waals surface area contributed by atoms with E-state index >= 15 is 0 Å². The third kappa shape index (κ3) is 5.09. The second-order valence-corrected chi connectivity index (χ2v) is 7.22. The van der Waals surface area contributed by atoms with Crippen molar-refractivity contribution in [1.82, 2.24) is 24.6 Å². The van der Waals surface area contributed by atoms with Gasteiger partial charge in [0, 0.05) is 32.2 Å². The molecule has 136 valence electrons. The van der Waals surface area contributed by atoms with E-state index in [0.29, 0.717) is 12.0 Å². The molecule has 2 aromatic rings. The van der Waals surface area contributed by atoms with Crippen LogP contribution in [0.4, 0.5) is 4.39 Å². The van der Waals surface area contributed by atoms with E-state index < -0.39 is 0 Å². The van der Waals surface area contributed by atoms with Gasteiger partial charge in [0.05, 0.1) is 6.54 Å². The summed E-state index contributed by atoms with van der Waals surface area (Å²) in [4.78, 5) is 9.11. The summed E-state index contributed by atoms with van der Waals surface area (Å²) >= 11 is 0. The lowest BCUT2D eigenvalue weighted by Crippen LogP contribution is -2.44. The number of rotatable bonds is 6. The standard InChI is InChI=1S/C19H28FN5/c1-16(2)19-13-23(10-11-25-15-21-14-22-25)8-3-9-24(19)12-17-4-6-18(20)7-5-17/h4-7,14-16,19H,3,8-13H2,1-2H3/t19-/m1/s1. The summed E-state index contributed by atoms with van der Waals surface area (Å²) < 4.78 is 15.1. The lowest BCUT2D eigenvalue weighted by Gasteiger charge is -2.34. The number of aromatic nitrogens is 3. The molecule has 1 aromatic carbocycles. The predicted molar refractivity (Wildman–Crippen MR) is 96.5 cm³/mol. The summed E-state index contributed by atoms with van der Waals surface area (Å²) in [6, 6.07) is 7.42. The molecule has 0 saturated carbocycles. The fourth-order valence-electron chi connectivity index (χ4n) is 3.58. The van der Waals surface area contributed by atoms with E-state index in [1.807, 2.05) is 16.8 Å².